The SMILES string of the molecule is CCNCCNC1CCN(C)CC1. The summed E-state index contributed by atoms with van der Waals surface area (Å²) in [5.74, 6) is 0. The van der Waals surface area contributed by atoms with Crippen molar-refractivity contribution in [2.24, 2.45) is 0 Å². The highest BCUT2D eigenvalue weighted by Crippen LogP contribution is 2.07. The lowest BCUT2D eigenvalue weighted by atomic mass is 10.1. The number of nitrogens with zero attached hydrogens (tertiary/aromatic N) is 1. The van der Waals surface area contributed by atoms with Gasteiger partial charge in [0.15, 0.2) is 0 Å². The maximum absolute atomic E-state index is 3.59. The fourth-order valence-corrected chi connectivity index (χ4v) is 1.75. The van der Waals surface area contributed by atoms with Crippen LogP contribution in [0.25, 0.3) is 0 Å². The molecule has 2 N–H and O–H groups in total. The number of likely N-dealkylation sites (N-methyl/N-ethyl adjacent to an activating group) is 1. The molecule has 0 spiro atoms. The van der Waals surface area contributed by atoms with E-state index >= 15 is 0 Å². The second kappa shape index (κ2) is 6.35. The molecule has 0 aromatic rings. The van der Waals surface area contributed by atoms with Gasteiger partial charge < -0.3 is 15.5 Å². The van der Waals surface area contributed by atoms with E-state index in [1.165, 1.54) is 25.9 Å². The van der Waals surface area contributed by atoms with Gasteiger partial charge in [-0.25, -0.2) is 0 Å². The Bertz CT molecular complexity index is 119. The molecule has 1 saturated heterocycles. The van der Waals surface area contributed by atoms with Crippen molar-refractivity contribution in [1.29, 1.82) is 0 Å². The summed E-state index contributed by atoms with van der Waals surface area (Å²) in [7, 11) is 2.20. The van der Waals surface area contributed by atoms with E-state index in [1.54, 1.807) is 0 Å². The molecule has 3 heteroatoms. The van der Waals surface area contributed by atoms with Crippen molar-refractivity contribution in [2.75, 3.05) is 39.8 Å². The van der Waals surface area contributed by atoms with Gasteiger partial charge in [-0.15, -0.1) is 0 Å². The molecule has 3 nitrogen and oxygen atoms in total. The molecule has 1 aliphatic rings. The molecule has 13 heavy (non-hydrogen) atoms. The first kappa shape index (κ1) is 11.0. The number of hydrogen-bond donors (Lipinski definition) is 2. The molecule has 1 fully saturated rings. The minimum atomic E-state index is 0.759. The third-order valence-electron chi connectivity index (χ3n) is 2.70. The van der Waals surface area contributed by atoms with Crippen LogP contribution in [0, 0.1) is 0 Å². The Kier molecular flexibility index (Phi) is 5.35. The maximum Gasteiger partial charge on any atom is 0.00919 e. The summed E-state index contributed by atoms with van der Waals surface area (Å²) in [4.78, 5) is 2.41. The zero-order chi connectivity index (χ0) is 9.52. The highest BCUT2D eigenvalue weighted by atomic mass is 15.1. The molecule has 1 heterocycles. The first-order valence-corrected chi connectivity index (χ1v) is 5.45. The topological polar surface area (TPSA) is 27.3 Å². The standard InChI is InChI=1S/C10H23N3/c1-3-11-6-7-12-10-4-8-13(2)9-5-10/h10-12H,3-9H2,1-2H3. The Morgan fingerprint density at radius 1 is 1.23 bits per heavy atom. The van der Waals surface area contributed by atoms with Crippen molar-refractivity contribution >= 4 is 0 Å². The lowest BCUT2D eigenvalue weighted by molar-refractivity contribution is 0.235. The molecule has 0 aromatic heterocycles. The van der Waals surface area contributed by atoms with Crippen LogP contribution in [0.5, 0.6) is 0 Å². The van der Waals surface area contributed by atoms with Crippen LogP contribution >= 0.6 is 0 Å². The van der Waals surface area contributed by atoms with Crippen molar-refractivity contribution < 1.29 is 0 Å². The van der Waals surface area contributed by atoms with Crippen LogP contribution in [0.2, 0.25) is 0 Å². The quantitative estimate of drug-likeness (QED) is 0.603. The second-order valence-electron chi connectivity index (χ2n) is 3.89. The molecule has 0 saturated carbocycles. The fraction of sp³-hybridized carbons (Fsp3) is 1.00. The highest BCUT2D eigenvalue weighted by Gasteiger charge is 2.14. The zero-order valence-electron chi connectivity index (χ0n) is 8.97. The minimum Gasteiger partial charge on any atom is -0.316 e. The van der Waals surface area contributed by atoms with Crippen molar-refractivity contribution in [3.63, 3.8) is 0 Å². The first-order valence-electron chi connectivity index (χ1n) is 5.45. The fourth-order valence-electron chi connectivity index (χ4n) is 1.75. The summed E-state index contributed by atoms with van der Waals surface area (Å²) in [6.45, 7) is 7.94. The second-order valence-corrected chi connectivity index (χ2v) is 3.89. The molecule has 0 atom stereocenters. The van der Waals surface area contributed by atoms with Gasteiger partial charge in [0.1, 0.15) is 0 Å². The minimum absolute atomic E-state index is 0.759. The molecule has 0 radical (unpaired) electrons. The number of hydrogen-bond acceptors (Lipinski definition) is 3. The van der Waals surface area contributed by atoms with Gasteiger partial charge in [0.2, 0.25) is 0 Å². The average molecular weight is 185 g/mol. The highest BCUT2D eigenvalue weighted by molar-refractivity contribution is 4.75. The van der Waals surface area contributed by atoms with Crippen LogP contribution in [0.15, 0.2) is 0 Å². The van der Waals surface area contributed by atoms with Gasteiger partial charge in [-0.2, -0.15) is 0 Å². The Labute approximate surface area is 81.9 Å². The van der Waals surface area contributed by atoms with E-state index in [9.17, 15) is 0 Å². The van der Waals surface area contributed by atoms with E-state index in [-0.39, 0.29) is 0 Å². The Hall–Kier alpha value is -0.120. The van der Waals surface area contributed by atoms with E-state index in [2.05, 4.69) is 29.5 Å². The average Bonchev–Trinajstić information content (AvgIpc) is 2.15. The summed E-state index contributed by atoms with van der Waals surface area (Å²) in [6.07, 6.45) is 2.62. The normalized spacial score (nSPS) is 20.8. The summed E-state index contributed by atoms with van der Waals surface area (Å²) in [5, 5.41) is 6.91. The smallest absolute Gasteiger partial charge is 0.00919 e. The molecule has 1 aliphatic heterocycles. The van der Waals surface area contributed by atoms with E-state index < -0.39 is 0 Å². The number of likely N-dealkylation sites (tertiary alicyclic amines) is 1. The summed E-state index contributed by atoms with van der Waals surface area (Å²) in [5.41, 5.74) is 0. The van der Waals surface area contributed by atoms with Crippen LogP contribution in [0.4, 0.5) is 0 Å². The predicted molar refractivity (Wildman–Crippen MR) is 57.1 cm³/mol. The molecule has 1 rings (SSSR count). The third-order valence-corrected chi connectivity index (χ3v) is 2.70. The van der Waals surface area contributed by atoms with Gasteiger partial charge in [-0.05, 0) is 39.5 Å². The summed E-state index contributed by atoms with van der Waals surface area (Å²) >= 11 is 0. The van der Waals surface area contributed by atoms with E-state index in [0.29, 0.717) is 0 Å². The molecule has 78 valence electrons. The Morgan fingerprint density at radius 3 is 2.54 bits per heavy atom. The lowest BCUT2D eigenvalue weighted by Crippen LogP contribution is -2.42. The van der Waals surface area contributed by atoms with Gasteiger partial charge >= 0.3 is 0 Å². The van der Waals surface area contributed by atoms with Crippen LogP contribution in [0.1, 0.15) is 19.8 Å². The van der Waals surface area contributed by atoms with Gasteiger partial charge in [0.05, 0.1) is 0 Å². The van der Waals surface area contributed by atoms with Crippen LogP contribution in [0.3, 0.4) is 0 Å². The van der Waals surface area contributed by atoms with Crippen molar-refractivity contribution in [1.82, 2.24) is 15.5 Å². The number of piperidine rings is 1. The van der Waals surface area contributed by atoms with Crippen molar-refractivity contribution in [3.05, 3.63) is 0 Å². The monoisotopic (exact) mass is 185 g/mol. The largest absolute Gasteiger partial charge is 0.316 e. The molecule has 0 aromatic carbocycles. The maximum atomic E-state index is 3.59. The lowest BCUT2D eigenvalue weighted by Gasteiger charge is -2.29. The number of nitrogens with one attached hydrogen (secondary N) is 2. The first-order chi connectivity index (χ1) is 6.33. The van der Waals surface area contributed by atoms with Crippen LogP contribution in [-0.4, -0.2) is 50.7 Å². The van der Waals surface area contributed by atoms with Crippen molar-refractivity contribution in [3.8, 4) is 0 Å². The van der Waals surface area contributed by atoms with Gasteiger partial charge in [-0.3, -0.25) is 0 Å². The van der Waals surface area contributed by atoms with E-state index in [0.717, 1.165) is 25.7 Å². The molecule has 0 unspecified atom stereocenters. The molecule has 0 bridgehead atoms. The van der Waals surface area contributed by atoms with Crippen LogP contribution in [-0.2, 0) is 0 Å². The number of rotatable bonds is 5. The third kappa shape index (κ3) is 4.60. The van der Waals surface area contributed by atoms with Gasteiger partial charge in [-0.1, -0.05) is 6.92 Å². The summed E-state index contributed by atoms with van der Waals surface area (Å²) < 4.78 is 0. The van der Waals surface area contributed by atoms with Gasteiger partial charge in [0.25, 0.3) is 0 Å². The van der Waals surface area contributed by atoms with E-state index in [1.807, 2.05) is 0 Å². The van der Waals surface area contributed by atoms with Crippen molar-refractivity contribution in [2.45, 2.75) is 25.8 Å². The molecule has 0 amide bonds. The zero-order valence-corrected chi connectivity index (χ0v) is 8.97. The summed E-state index contributed by atoms with van der Waals surface area (Å²) in [6, 6.07) is 0.759. The Balaban J connectivity index is 1.96. The molecular weight excluding hydrogens is 162 g/mol. The molecule has 0 aliphatic carbocycles. The molecular formula is C10H23N3. The Morgan fingerprint density at radius 2 is 1.92 bits per heavy atom. The van der Waals surface area contributed by atoms with E-state index in [4.69, 9.17) is 0 Å². The van der Waals surface area contributed by atoms with Crippen LogP contribution < -0.4 is 10.6 Å². The predicted octanol–water partition coefficient (Wildman–Crippen LogP) is 0.280. The van der Waals surface area contributed by atoms with Gasteiger partial charge in [0, 0.05) is 19.1 Å².